The highest BCUT2D eigenvalue weighted by Crippen LogP contribution is 2.27. The Balaban J connectivity index is 2.39. The van der Waals surface area contributed by atoms with Gasteiger partial charge in [0.25, 0.3) is 0 Å². The molecule has 0 spiro atoms. The first-order chi connectivity index (χ1) is 10.8. The number of hydrogen-bond donors (Lipinski definition) is 3. The molecule has 0 bridgehead atoms. The van der Waals surface area contributed by atoms with E-state index in [1.54, 1.807) is 22.9 Å². The molecule has 2 atom stereocenters. The molecule has 126 valence electrons. The van der Waals surface area contributed by atoms with Crippen LogP contribution < -0.4 is 4.72 Å². The predicted octanol–water partition coefficient (Wildman–Crippen LogP) is 0.594. The Hall–Kier alpha value is -1.16. The number of hydrogen-bond acceptors (Lipinski definition) is 7. The average molecular weight is 382 g/mol. The zero-order valence-electron chi connectivity index (χ0n) is 11.2. The lowest BCUT2D eigenvalue weighted by atomic mass is 10.2. The summed E-state index contributed by atoms with van der Waals surface area (Å²) in [5, 5.41) is 0.542. The molecule has 2 rings (SSSR count). The number of nitrogens with one attached hydrogen (secondary N) is 1. The minimum Gasteiger partial charge on any atom is -0.326 e. The summed E-state index contributed by atoms with van der Waals surface area (Å²) in [7, 11) is -11.6. The average Bonchev–Trinajstić information content (AvgIpc) is 2.44. The lowest BCUT2D eigenvalue weighted by Gasteiger charge is -2.16. The number of rotatable bonds is 7. The first kappa shape index (κ1) is 18.2. The Morgan fingerprint density at radius 2 is 1.70 bits per heavy atom. The number of aromatic nitrogens is 1. The van der Waals surface area contributed by atoms with E-state index in [0.29, 0.717) is 5.39 Å². The van der Waals surface area contributed by atoms with Crippen LogP contribution in [0, 0.1) is 0 Å². The van der Waals surface area contributed by atoms with E-state index in [9.17, 15) is 17.5 Å². The molecule has 0 aliphatic carbocycles. The molecule has 1 heterocycles. The summed E-state index contributed by atoms with van der Waals surface area (Å²) in [6.45, 7) is 0. The first-order valence-electron chi connectivity index (χ1n) is 5.95. The van der Waals surface area contributed by atoms with Gasteiger partial charge >= 0.3 is 16.5 Å². The SMILES string of the molecule is O=[PH](O)OC(NS(=O)(=O)c1cccc2cccnc12)O[PH](=O)O. The highest BCUT2D eigenvalue weighted by Gasteiger charge is 2.25. The van der Waals surface area contributed by atoms with E-state index in [0.717, 1.165) is 0 Å². The Bertz CT molecular complexity index is 838. The minimum atomic E-state index is -4.31. The fourth-order valence-electron chi connectivity index (χ4n) is 1.74. The van der Waals surface area contributed by atoms with E-state index in [1.165, 1.54) is 18.3 Å². The summed E-state index contributed by atoms with van der Waals surface area (Å²) < 4.78 is 56.4. The number of benzene rings is 1. The van der Waals surface area contributed by atoms with E-state index in [4.69, 9.17) is 9.79 Å². The molecule has 0 radical (unpaired) electrons. The Kier molecular flexibility index (Phi) is 6.01. The summed E-state index contributed by atoms with van der Waals surface area (Å²) in [5.41, 5.74) is 0.148. The third-order valence-corrected chi connectivity index (χ3v) is 4.79. The van der Waals surface area contributed by atoms with Gasteiger partial charge in [-0.1, -0.05) is 18.2 Å². The molecule has 23 heavy (non-hydrogen) atoms. The molecule has 1 aromatic carbocycles. The maximum Gasteiger partial charge on any atom is 0.319 e. The summed E-state index contributed by atoms with van der Waals surface area (Å²) in [4.78, 5) is 21.1. The van der Waals surface area contributed by atoms with Gasteiger partial charge in [-0.25, -0.2) is 8.42 Å². The maximum absolute atomic E-state index is 12.4. The zero-order valence-corrected chi connectivity index (χ0v) is 14.1. The predicted molar refractivity (Wildman–Crippen MR) is 80.5 cm³/mol. The molecule has 10 nitrogen and oxygen atoms in total. The monoisotopic (exact) mass is 382 g/mol. The van der Waals surface area contributed by atoms with Gasteiger partial charge in [0.05, 0.1) is 5.52 Å². The quantitative estimate of drug-likeness (QED) is 0.461. The second kappa shape index (κ2) is 7.61. The van der Waals surface area contributed by atoms with Crippen LogP contribution in [0.1, 0.15) is 0 Å². The van der Waals surface area contributed by atoms with Crippen LogP contribution in [0.5, 0.6) is 0 Å². The van der Waals surface area contributed by atoms with Gasteiger partial charge in [-0.3, -0.25) is 23.2 Å². The highest BCUT2D eigenvalue weighted by molar-refractivity contribution is 7.89. The Labute approximate surface area is 132 Å². The minimum absolute atomic E-state index is 0.148. The molecular weight excluding hydrogens is 370 g/mol. The van der Waals surface area contributed by atoms with Gasteiger partial charge in [-0.2, -0.15) is 4.72 Å². The van der Waals surface area contributed by atoms with Crippen LogP contribution in [-0.2, 0) is 28.2 Å². The molecule has 1 aromatic heterocycles. The van der Waals surface area contributed by atoms with Crippen LogP contribution >= 0.6 is 16.5 Å². The fourth-order valence-corrected chi connectivity index (χ4v) is 3.75. The fraction of sp³-hybridized carbons (Fsp3) is 0.100. The summed E-state index contributed by atoms with van der Waals surface area (Å²) in [5.74, 6) is 0. The number of para-hydroxylation sites is 1. The van der Waals surface area contributed by atoms with Gasteiger partial charge < -0.3 is 9.79 Å². The smallest absolute Gasteiger partial charge is 0.319 e. The van der Waals surface area contributed by atoms with Crippen LogP contribution in [-0.4, -0.2) is 29.6 Å². The molecule has 13 heteroatoms. The van der Waals surface area contributed by atoms with Crippen molar-refractivity contribution in [2.24, 2.45) is 0 Å². The molecule has 0 aliphatic rings. The van der Waals surface area contributed by atoms with E-state index < -0.39 is 32.9 Å². The van der Waals surface area contributed by atoms with E-state index in [-0.39, 0.29) is 10.4 Å². The molecule has 2 aromatic rings. The lowest BCUT2D eigenvalue weighted by Crippen LogP contribution is -2.36. The van der Waals surface area contributed by atoms with Crippen molar-refractivity contribution in [3.63, 3.8) is 0 Å². The van der Waals surface area contributed by atoms with Crippen molar-refractivity contribution >= 4 is 37.4 Å². The second-order valence-electron chi connectivity index (χ2n) is 4.05. The van der Waals surface area contributed by atoms with Crippen LogP contribution in [0.4, 0.5) is 0 Å². The molecule has 3 N–H and O–H groups in total. The molecule has 0 amide bonds. The van der Waals surface area contributed by atoms with Gasteiger partial charge in [-0.15, -0.1) is 0 Å². The van der Waals surface area contributed by atoms with Crippen LogP contribution in [0.25, 0.3) is 10.9 Å². The first-order valence-corrected chi connectivity index (χ1v) is 9.96. The highest BCUT2D eigenvalue weighted by atomic mass is 32.2. The Morgan fingerprint density at radius 1 is 1.09 bits per heavy atom. The van der Waals surface area contributed by atoms with Crippen LogP contribution in [0.3, 0.4) is 0 Å². The number of nitrogens with zero attached hydrogens (tertiary/aromatic N) is 1. The van der Waals surface area contributed by atoms with E-state index >= 15 is 0 Å². The third-order valence-electron chi connectivity index (χ3n) is 2.55. The molecular formula is C10H12N2O8P2S. The topological polar surface area (TPSA) is 152 Å². The molecule has 0 fully saturated rings. The summed E-state index contributed by atoms with van der Waals surface area (Å²) in [6.07, 6.45) is -0.697. The normalized spacial score (nSPS) is 16.1. The van der Waals surface area contributed by atoms with Crippen LogP contribution in [0.15, 0.2) is 41.4 Å². The summed E-state index contributed by atoms with van der Waals surface area (Å²) >= 11 is 0. The molecule has 0 saturated heterocycles. The van der Waals surface area contributed by atoms with Crippen molar-refractivity contribution in [1.29, 1.82) is 0 Å². The third kappa shape index (κ3) is 4.90. The maximum atomic E-state index is 12.4. The van der Waals surface area contributed by atoms with Crippen molar-refractivity contribution in [1.82, 2.24) is 9.71 Å². The standard InChI is InChI=1S/C10H12N2O8P2S/c13-21(14)19-10(20-22(15)16)12-23(17,18)8-5-1-3-7-4-2-6-11-9(7)8/h1-6,10,12,21-22H,(H,13,14)(H,15,16). The van der Waals surface area contributed by atoms with Crippen molar-refractivity contribution in [3.05, 3.63) is 36.5 Å². The van der Waals surface area contributed by atoms with Crippen LogP contribution in [0.2, 0.25) is 0 Å². The van der Waals surface area contributed by atoms with E-state index in [1.807, 2.05) is 0 Å². The summed E-state index contributed by atoms with van der Waals surface area (Å²) in [6, 6.07) is 7.63. The molecule has 0 aliphatic heterocycles. The molecule has 2 unspecified atom stereocenters. The number of fused-ring (bicyclic) bond motifs is 1. The number of pyridine rings is 1. The van der Waals surface area contributed by atoms with Gasteiger partial charge in [0, 0.05) is 11.6 Å². The van der Waals surface area contributed by atoms with Gasteiger partial charge in [-0.05, 0) is 12.1 Å². The molecule has 0 saturated carbocycles. The van der Waals surface area contributed by atoms with E-state index in [2.05, 4.69) is 14.0 Å². The van der Waals surface area contributed by atoms with Crippen molar-refractivity contribution in [2.45, 2.75) is 11.3 Å². The largest absolute Gasteiger partial charge is 0.326 e. The second-order valence-corrected chi connectivity index (χ2v) is 7.27. The van der Waals surface area contributed by atoms with Crippen molar-refractivity contribution in [3.8, 4) is 0 Å². The van der Waals surface area contributed by atoms with Gasteiger partial charge in [0.15, 0.2) is 0 Å². The van der Waals surface area contributed by atoms with Crippen molar-refractivity contribution < 1.29 is 36.4 Å². The zero-order chi connectivity index (χ0) is 17.0. The van der Waals surface area contributed by atoms with Crippen molar-refractivity contribution in [2.75, 3.05) is 0 Å². The van der Waals surface area contributed by atoms with Gasteiger partial charge in [0.2, 0.25) is 16.4 Å². The number of sulfonamides is 1. The van der Waals surface area contributed by atoms with Gasteiger partial charge in [0.1, 0.15) is 4.90 Å². The lowest BCUT2D eigenvalue weighted by molar-refractivity contribution is -0.00568. The Morgan fingerprint density at radius 3 is 2.30 bits per heavy atom.